The third-order valence-corrected chi connectivity index (χ3v) is 7.53. The third-order valence-electron chi connectivity index (χ3n) is 4.41. The van der Waals surface area contributed by atoms with Crippen LogP contribution in [0.1, 0.15) is 25.6 Å². The van der Waals surface area contributed by atoms with Crippen molar-refractivity contribution in [3.8, 4) is 0 Å². The van der Waals surface area contributed by atoms with E-state index in [0.717, 1.165) is 28.6 Å². The molecule has 10 heteroatoms. The van der Waals surface area contributed by atoms with Gasteiger partial charge in [-0.15, -0.1) is 21.5 Å². The second kappa shape index (κ2) is 8.62. The van der Waals surface area contributed by atoms with Crippen molar-refractivity contribution >= 4 is 56.9 Å². The van der Waals surface area contributed by atoms with E-state index >= 15 is 0 Å². The van der Waals surface area contributed by atoms with Gasteiger partial charge in [0.15, 0.2) is 9.50 Å². The monoisotopic (exact) mass is 433 g/mol. The number of carbonyl (C=O) groups is 2. The number of thioether (sulfide) groups is 2. The first-order chi connectivity index (χ1) is 13.7. The van der Waals surface area contributed by atoms with Crippen LogP contribution < -0.4 is 0 Å². The molecule has 7 nitrogen and oxygen atoms in total. The molecule has 1 fully saturated rings. The number of amides is 2. The Labute approximate surface area is 174 Å². The van der Waals surface area contributed by atoms with Crippen LogP contribution in [0.3, 0.4) is 0 Å². The van der Waals surface area contributed by atoms with Gasteiger partial charge in [0.25, 0.3) is 0 Å². The van der Waals surface area contributed by atoms with Crippen LogP contribution in [0.25, 0.3) is 10.2 Å². The number of imide groups is 1. The number of benzene rings is 1. The van der Waals surface area contributed by atoms with Crippen molar-refractivity contribution in [2.24, 2.45) is 0 Å². The molecule has 0 spiro atoms. The fourth-order valence-corrected chi connectivity index (χ4v) is 5.91. The molecule has 0 N–H and O–H groups in total. The van der Waals surface area contributed by atoms with Crippen molar-refractivity contribution in [1.29, 1.82) is 0 Å². The molecule has 3 aromatic rings. The number of para-hydroxylation sites is 1. The van der Waals surface area contributed by atoms with E-state index in [1.54, 1.807) is 23.1 Å². The van der Waals surface area contributed by atoms with Crippen molar-refractivity contribution in [3.63, 3.8) is 0 Å². The highest BCUT2D eigenvalue weighted by molar-refractivity contribution is 8.00. The quantitative estimate of drug-likeness (QED) is 0.528. The van der Waals surface area contributed by atoms with Gasteiger partial charge in [-0.05, 0) is 25.5 Å². The zero-order valence-corrected chi connectivity index (χ0v) is 17.8. The molecule has 0 atom stereocenters. The zero-order chi connectivity index (χ0) is 19.5. The summed E-state index contributed by atoms with van der Waals surface area (Å²) in [6.45, 7) is 3.29. The molecule has 0 bridgehead atoms. The molecule has 28 heavy (non-hydrogen) atoms. The van der Waals surface area contributed by atoms with E-state index in [2.05, 4.69) is 21.2 Å². The fourth-order valence-electron chi connectivity index (χ4n) is 3.01. The van der Waals surface area contributed by atoms with Crippen LogP contribution in [0.15, 0.2) is 33.8 Å². The standard InChI is InChI=1S/C18H19N5O2S3/c1-2-22-14(10-27-18-19-12-6-3-4-7-13(12)28-18)20-21-17(22)26-11-16(25)23-9-5-8-15(23)24/h3-4,6-7H,2,5,8-11H2,1H3. The molecule has 1 aliphatic heterocycles. The number of likely N-dealkylation sites (tertiary alicyclic amines) is 1. The molecule has 1 saturated heterocycles. The first-order valence-corrected chi connectivity index (χ1v) is 11.8. The van der Waals surface area contributed by atoms with Gasteiger partial charge in [-0.2, -0.15) is 0 Å². The lowest BCUT2D eigenvalue weighted by Crippen LogP contribution is -2.33. The van der Waals surface area contributed by atoms with Gasteiger partial charge in [-0.25, -0.2) is 4.98 Å². The fraction of sp³-hybridized carbons (Fsp3) is 0.389. The number of thiazole rings is 1. The SMILES string of the molecule is CCn1c(CSc2nc3ccccc3s2)nnc1SCC(=O)N1CCCC1=O. The van der Waals surface area contributed by atoms with E-state index in [9.17, 15) is 9.59 Å². The highest BCUT2D eigenvalue weighted by atomic mass is 32.2. The Kier molecular flexibility index (Phi) is 5.98. The van der Waals surface area contributed by atoms with Crippen LogP contribution in [-0.4, -0.2) is 48.8 Å². The molecule has 2 aromatic heterocycles. The van der Waals surface area contributed by atoms with Crippen molar-refractivity contribution in [2.45, 2.75) is 41.6 Å². The summed E-state index contributed by atoms with van der Waals surface area (Å²) in [7, 11) is 0. The molecule has 0 radical (unpaired) electrons. The number of hydrogen-bond donors (Lipinski definition) is 0. The summed E-state index contributed by atoms with van der Waals surface area (Å²) < 4.78 is 4.20. The average Bonchev–Trinajstić information content (AvgIpc) is 3.41. The van der Waals surface area contributed by atoms with E-state index < -0.39 is 0 Å². The summed E-state index contributed by atoms with van der Waals surface area (Å²) in [4.78, 5) is 29.9. The lowest BCUT2D eigenvalue weighted by atomic mass is 10.3. The maximum Gasteiger partial charge on any atom is 0.239 e. The van der Waals surface area contributed by atoms with Crippen LogP contribution in [-0.2, 0) is 21.9 Å². The van der Waals surface area contributed by atoms with Crippen molar-refractivity contribution < 1.29 is 9.59 Å². The number of nitrogens with zero attached hydrogens (tertiary/aromatic N) is 5. The van der Waals surface area contributed by atoms with Crippen LogP contribution in [0.5, 0.6) is 0 Å². The van der Waals surface area contributed by atoms with E-state index in [0.29, 0.717) is 23.9 Å². The van der Waals surface area contributed by atoms with Gasteiger partial charge in [0, 0.05) is 19.5 Å². The first-order valence-electron chi connectivity index (χ1n) is 9.02. The maximum atomic E-state index is 12.2. The Balaban J connectivity index is 1.39. The van der Waals surface area contributed by atoms with Crippen LogP contribution in [0.4, 0.5) is 0 Å². The van der Waals surface area contributed by atoms with E-state index in [1.807, 2.05) is 29.7 Å². The molecular formula is C18H19N5O2S3. The molecule has 3 heterocycles. The first kappa shape index (κ1) is 19.4. The summed E-state index contributed by atoms with van der Waals surface area (Å²) >= 11 is 4.65. The minimum atomic E-state index is -0.149. The minimum Gasteiger partial charge on any atom is -0.306 e. The predicted molar refractivity (Wildman–Crippen MR) is 112 cm³/mol. The highest BCUT2D eigenvalue weighted by Crippen LogP contribution is 2.31. The van der Waals surface area contributed by atoms with Gasteiger partial charge < -0.3 is 4.57 Å². The van der Waals surface area contributed by atoms with E-state index in [4.69, 9.17) is 0 Å². The largest absolute Gasteiger partial charge is 0.306 e. The average molecular weight is 434 g/mol. The van der Waals surface area contributed by atoms with Crippen molar-refractivity contribution in [3.05, 3.63) is 30.1 Å². The number of carbonyl (C=O) groups excluding carboxylic acids is 2. The summed E-state index contributed by atoms with van der Waals surface area (Å²) in [6, 6.07) is 8.09. The Morgan fingerprint density at radius 2 is 2.11 bits per heavy atom. The Morgan fingerprint density at radius 1 is 1.25 bits per heavy atom. The number of rotatable bonds is 7. The number of fused-ring (bicyclic) bond motifs is 1. The predicted octanol–water partition coefficient (Wildman–Crippen LogP) is 3.44. The molecule has 4 rings (SSSR count). The number of aromatic nitrogens is 4. The van der Waals surface area contributed by atoms with Gasteiger partial charge in [0.05, 0.1) is 21.7 Å². The Morgan fingerprint density at radius 3 is 2.86 bits per heavy atom. The van der Waals surface area contributed by atoms with Crippen LogP contribution in [0, 0.1) is 0 Å². The molecule has 0 aliphatic carbocycles. The normalized spacial score (nSPS) is 14.3. The molecule has 0 unspecified atom stereocenters. The zero-order valence-electron chi connectivity index (χ0n) is 15.3. The summed E-state index contributed by atoms with van der Waals surface area (Å²) in [5.41, 5.74) is 1.01. The molecule has 146 valence electrons. The van der Waals surface area contributed by atoms with Crippen LogP contribution >= 0.6 is 34.9 Å². The molecule has 2 amide bonds. The maximum absolute atomic E-state index is 12.2. The second-order valence-corrected chi connectivity index (χ2v) is 9.41. The second-order valence-electron chi connectivity index (χ2n) is 6.21. The smallest absolute Gasteiger partial charge is 0.239 e. The van der Waals surface area contributed by atoms with Gasteiger partial charge in [0.2, 0.25) is 11.8 Å². The molecular weight excluding hydrogens is 414 g/mol. The molecule has 1 aromatic carbocycles. The Bertz CT molecular complexity index is 983. The van der Waals surface area contributed by atoms with Gasteiger partial charge in [-0.3, -0.25) is 14.5 Å². The topological polar surface area (TPSA) is 81.0 Å². The van der Waals surface area contributed by atoms with E-state index in [-0.39, 0.29) is 17.6 Å². The highest BCUT2D eigenvalue weighted by Gasteiger charge is 2.26. The van der Waals surface area contributed by atoms with E-state index in [1.165, 1.54) is 21.4 Å². The van der Waals surface area contributed by atoms with Gasteiger partial charge in [0.1, 0.15) is 5.82 Å². The molecule has 1 aliphatic rings. The lowest BCUT2D eigenvalue weighted by Gasteiger charge is -2.13. The van der Waals surface area contributed by atoms with Gasteiger partial charge >= 0.3 is 0 Å². The minimum absolute atomic E-state index is 0.0736. The van der Waals surface area contributed by atoms with Crippen molar-refractivity contribution in [2.75, 3.05) is 12.3 Å². The van der Waals surface area contributed by atoms with Crippen LogP contribution in [0.2, 0.25) is 0 Å². The third kappa shape index (κ3) is 4.08. The Hall–Kier alpha value is -1.91. The molecule has 0 saturated carbocycles. The van der Waals surface area contributed by atoms with Crippen molar-refractivity contribution in [1.82, 2.24) is 24.6 Å². The summed E-state index contributed by atoms with van der Waals surface area (Å²) in [5, 5.41) is 9.26. The van der Waals surface area contributed by atoms with Gasteiger partial charge in [-0.1, -0.05) is 35.7 Å². The lowest BCUT2D eigenvalue weighted by molar-refractivity contribution is -0.140. The summed E-state index contributed by atoms with van der Waals surface area (Å²) in [5.74, 6) is 1.51. The number of hydrogen-bond acceptors (Lipinski definition) is 8. The summed E-state index contributed by atoms with van der Waals surface area (Å²) in [6.07, 6.45) is 1.22.